The van der Waals surface area contributed by atoms with E-state index in [1.165, 1.54) is 13.1 Å². The predicted molar refractivity (Wildman–Crippen MR) is 23.5 cm³/mol. The van der Waals surface area contributed by atoms with E-state index in [-0.39, 0.29) is 0 Å². The van der Waals surface area contributed by atoms with E-state index in [0.29, 0.717) is 0 Å². The standard InChI is InChI=1S/C3H6F3Si/c1-7(2)3(4,5)6/h1-2H3/q+1. The Labute approximate surface area is 41.9 Å². The van der Waals surface area contributed by atoms with Crippen LogP contribution in [0.5, 0.6) is 0 Å². The van der Waals surface area contributed by atoms with Crippen molar-refractivity contribution in [3.63, 3.8) is 0 Å². The average molecular weight is 127 g/mol. The highest BCUT2D eigenvalue weighted by atomic mass is 28.3. The van der Waals surface area contributed by atoms with Gasteiger partial charge < -0.3 is 0 Å². The summed E-state index contributed by atoms with van der Waals surface area (Å²) < 4.78 is 33.7. The Bertz CT molecular complexity index is 55.7. The average Bonchev–Trinajstić information content (AvgIpc) is 1.31. The van der Waals surface area contributed by atoms with Gasteiger partial charge in [-0.15, -0.1) is 13.2 Å². The van der Waals surface area contributed by atoms with Gasteiger partial charge >= 0.3 is 14.6 Å². The van der Waals surface area contributed by atoms with Crippen LogP contribution in [0.1, 0.15) is 0 Å². The number of hydrogen-bond donors (Lipinski definition) is 0. The highest BCUT2D eigenvalue weighted by Gasteiger charge is 2.48. The lowest BCUT2D eigenvalue weighted by molar-refractivity contribution is -0.0505. The van der Waals surface area contributed by atoms with Crippen LogP contribution in [0.2, 0.25) is 13.1 Å². The molecule has 7 heavy (non-hydrogen) atoms. The maximum absolute atomic E-state index is 11.2. The molecule has 0 bridgehead atoms. The van der Waals surface area contributed by atoms with Crippen LogP contribution >= 0.6 is 0 Å². The first-order chi connectivity index (χ1) is 2.94. The summed E-state index contributed by atoms with van der Waals surface area (Å²) in [6.07, 6.45) is 0. The Morgan fingerprint density at radius 3 is 1.29 bits per heavy atom. The van der Waals surface area contributed by atoms with E-state index in [1.807, 2.05) is 0 Å². The number of halogens is 3. The second-order valence-corrected chi connectivity index (χ2v) is 4.06. The van der Waals surface area contributed by atoms with Gasteiger partial charge in [0.15, 0.2) is 0 Å². The van der Waals surface area contributed by atoms with Gasteiger partial charge in [-0.3, -0.25) is 0 Å². The molecule has 0 aliphatic carbocycles. The molecule has 0 aromatic carbocycles. The van der Waals surface area contributed by atoms with Crippen LogP contribution in [0.15, 0.2) is 0 Å². The molecule has 4 heteroatoms. The van der Waals surface area contributed by atoms with Crippen molar-refractivity contribution in [2.75, 3.05) is 0 Å². The fourth-order valence-corrected chi connectivity index (χ4v) is 0. The van der Waals surface area contributed by atoms with E-state index >= 15 is 0 Å². The van der Waals surface area contributed by atoms with Gasteiger partial charge in [-0.1, -0.05) is 0 Å². The largest absolute Gasteiger partial charge is 0.502 e. The summed E-state index contributed by atoms with van der Waals surface area (Å²) in [6.45, 7) is 2.45. The van der Waals surface area contributed by atoms with Gasteiger partial charge in [0, 0.05) is 0 Å². The van der Waals surface area contributed by atoms with E-state index in [1.54, 1.807) is 0 Å². The molecular formula is C3H6F3Si+. The molecule has 0 rings (SSSR count). The third-order valence-corrected chi connectivity index (χ3v) is 1.70. The molecule has 0 aromatic rings. The molecule has 0 aromatic heterocycles. The molecule has 0 fully saturated rings. The molecule has 0 nitrogen and oxygen atoms in total. The zero-order valence-corrected chi connectivity index (χ0v) is 5.13. The van der Waals surface area contributed by atoms with Crippen LogP contribution in [0.25, 0.3) is 0 Å². The molecule has 42 valence electrons. The molecule has 0 aliphatic rings. The van der Waals surface area contributed by atoms with Crippen molar-refractivity contribution >= 4 is 8.80 Å². The first kappa shape index (κ1) is 7.01. The normalized spacial score (nSPS) is 11.6. The molecule has 0 atom stereocenters. The first-order valence-electron chi connectivity index (χ1n) is 1.82. The van der Waals surface area contributed by atoms with Crippen LogP contribution in [-0.2, 0) is 0 Å². The lowest BCUT2D eigenvalue weighted by Crippen LogP contribution is -2.26. The second kappa shape index (κ2) is 1.86. The monoisotopic (exact) mass is 127 g/mol. The minimum absolute atomic E-state index is 1.23. The zero-order chi connectivity index (χ0) is 6.08. The minimum atomic E-state index is -3.90. The summed E-state index contributed by atoms with van der Waals surface area (Å²) in [5.74, 6) is -3.90. The Kier molecular flexibility index (Phi) is 1.86. The smallest absolute Gasteiger partial charge is 0.143 e. The molecule has 0 aliphatic heterocycles. The fourth-order valence-electron chi connectivity index (χ4n) is 0. The van der Waals surface area contributed by atoms with Crippen molar-refractivity contribution in [1.29, 1.82) is 0 Å². The van der Waals surface area contributed by atoms with Crippen LogP contribution in [0.3, 0.4) is 0 Å². The first-order valence-corrected chi connectivity index (χ1v) is 4.32. The summed E-state index contributed by atoms with van der Waals surface area (Å²) in [5.41, 5.74) is 0. The third kappa shape index (κ3) is 2.67. The summed E-state index contributed by atoms with van der Waals surface area (Å²) in [6, 6.07) is 0. The van der Waals surface area contributed by atoms with Crippen LogP contribution < -0.4 is 0 Å². The molecule has 0 N–H and O–H groups in total. The summed E-state index contributed by atoms with van der Waals surface area (Å²) >= 11 is 0. The van der Waals surface area contributed by atoms with Crippen molar-refractivity contribution in [1.82, 2.24) is 0 Å². The van der Waals surface area contributed by atoms with E-state index in [4.69, 9.17) is 0 Å². The summed E-state index contributed by atoms with van der Waals surface area (Å²) in [4.78, 5) is 0. The molecular weight excluding hydrogens is 121 g/mol. The molecule has 0 amide bonds. The molecule has 0 saturated heterocycles. The van der Waals surface area contributed by atoms with Gasteiger partial charge in [0.2, 0.25) is 0 Å². The second-order valence-electron chi connectivity index (χ2n) is 1.50. The Hall–Kier alpha value is 0.00688. The van der Waals surface area contributed by atoms with Gasteiger partial charge in [0.05, 0.1) is 13.1 Å². The maximum atomic E-state index is 11.2. The van der Waals surface area contributed by atoms with E-state index in [0.717, 1.165) is 0 Å². The van der Waals surface area contributed by atoms with Crippen molar-refractivity contribution in [2.24, 2.45) is 0 Å². The zero-order valence-electron chi connectivity index (χ0n) is 4.13. The Morgan fingerprint density at radius 1 is 1.14 bits per heavy atom. The minimum Gasteiger partial charge on any atom is -0.143 e. The van der Waals surface area contributed by atoms with E-state index in [9.17, 15) is 13.2 Å². The van der Waals surface area contributed by atoms with Crippen LogP contribution in [0.4, 0.5) is 13.2 Å². The molecule has 0 radical (unpaired) electrons. The van der Waals surface area contributed by atoms with Gasteiger partial charge in [0.25, 0.3) is 0 Å². The van der Waals surface area contributed by atoms with Crippen LogP contribution in [0, 0.1) is 0 Å². The molecule has 0 saturated carbocycles. The van der Waals surface area contributed by atoms with Gasteiger partial charge in [0.1, 0.15) is 0 Å². The third-order valence-electron chi connectivity index (χ3n) is 0.567. The highest BCUT2D eigenvalue weighted by molar-refractivity contribution is 6.57. The van der Waals surface area contributed by atoms with Gasteiger partial charge in [-0.2, -0.15) is 0 Å². The number of alkyl halides is 3. The van der Waals surface area contributed by atoms with Crippen molar-refractivity contribution in [3.05, 3.63) is 0 Å². The number of hydrogen-bond acceptors (Lipinski definition) is 0. The topological polar surface area (TPSA) is 0 Å². The molecule has 0 unspecified atom stereocenters. The maximum Gasteiger partial charge on any atom is 0.502 e. The summed E-state index contributed by atoms with van der Waals surface area (Å²) in [5, 5.41) is 0. The van der Waals surface area contributed by atoms with Crippen molar-refractivity contribution in [3.8, 4) is 0 Å². The van der Waals surface area contributed by atoms with E-state index < -0.39 is 14.6 Å². The SMILES string of the molecule is C[Si+](C)C(F)(F)F. The molecule has 0 heterocycles. The predicted octanol–water partition coefficient (Wildman–Crippen LogP) is 1.84. The fraction of sp³-hybridized carbons (Fsp3) is 1.00. The van der Waals surface area contributed by atoms with Crippen LogP contribution in [-0.4, -0.2) is 14.6 Å². The summed E-state index contributed by atoms with van der Waals surface area (Å²) in [7, 11) is -2.05. The van der Waals surface area contributed by atoms with E-state index in [2.05, 4.69) is 0 Å². The van der Waals surface area contributed by atoms with Gasteiger partial charge in [-0.25, -0.2) is 0 Å². The molecule has 0 spiro atoms. The lowest BCUT2D eigenvalue weighted by Gasteiger charge is -1.92. The van der Waals surface area contributed by atoms with Crippen molar-refractivity contribution in [2.45, 2.75) is 18.9 Å². The lowest BCUT2D eigenvalue weighted by atomic mass is 11.5. The quantitative estimate of drug-likeness (QED) is 0.435. The Balaban J connectivity index is 3.54. The Morgan fingerprint density at radius 2 is 1.29 bits per heavy atom. The van der Waals surface area contributed by atoms with Gasteiger partial charge in [-0.05, 0) is 0 Å². The van der Waals surface area contributed by atoms with Crippen molar-refractivity contribution < 1.29 is 13.2 Å². The highest BCUT2D eigenvalue weighted by Crippen LogP contribution is 2.17. The number of rotatable bonds is 0.